The van der Waals surface area contributed by atoms with Crippen molar-refractivity contribution in [3.8, 4) is 0 Å². The lowest BCUT2D eigenvalue weighted by atomic mass is 10.3. The summed E-state index contributed by atoms with van der Waals surface area (Å²) in [6.45, 7) is -0.268. The smallest absolute Gasteiger partial charge is 0.324 e. The van der Waals surface area contributed by atoms with E-state index in [-0.39, 0.29) is 19.4 Å². The van der Waals surface area contributed by atoms with Crippen LogP contribution in [0.15, 0.2) is 0 Å². The van der Waals surface area contributed by atoms with Gasteiger partial charge < -0.3 is 25.2 Å². The monoisotopic (exact) mass is 222 g/mol. The Balaban J connectivity index is 3.87. The van der Waals surface area contributed by atoms with Gasteiger partial charge >= 0.3 is 17.9 Å². The van der Waals surface area contributed by atoms with E-state index in [1.165, 1.54) is 0 Å². The van der Waals surface area contributed by atoms with Crippen molar-refractivity contribution < 1.29 is 34.8 Å². The highest BCUT2D eigenvalue weighted by Crippen LogP contribution is 2.12. The van der Waals surface area contributed by atoms with E-state index in [4.69, 9.17) is 20.4 Å². The average molecular weight is 222 g/mol. The molecule has 0 aromatic heterocycles. The fraction of sp³-hybridized carbons (Fsp3) is 0.750. The molecular weight excluding hydrogens is 208 g/mol. The molecule has 0 aromatic carbocycles. The Kier molecular flexibility index (Phi) is 5.83. The van der Waals surface area contributed by atoms with Gasteiger partial charge in [-0.3, -0.25) is 9.59 Å². The van der Waals surface area contributed by atoms with E-state index in [0.29, 0.717) is 0 Å². The Hall–Kier alpha value is -1.18. The largest absolute Gasteiger partial charge is 0.481 e. The first-order chi connectivity index (χ1) is 6.87. The van der Waals surface area contributed by atoms with Crippen molar-refractivity contribution in [3.63, 3.8) is 0 Å². The molecular formula is C8H14O7. The molecule has 0 aliphatic rings. The van der Waals surface area contributed by atoms with Gasteiger partial charge in [0.05, 0.1) is 12.8 Å². The summed E-state index contributed by atoms with van der Waals surface area (Å²) in [6, 6.07) is 0. The number of esters is 1. The zero-order chi connectivity index (χ0) is 11.9. The number of hydrogen-bond donors (Lipinski definition) is 4. The Morgan fingerprint density at radius 1 is 1.20 bits per heavy atom. The van der Waals surface area contributed by atoms with E-state index < -0.39 is 30.8 Å². The van der Waals surface area contributed by atoms with Gasteiger partial charge in [-0.05, 0) is 6.42 Å². The van der Waals surface area contributed by atoms with Crippen LogP contribution >= 0.6 is 0 Å². The molecule has 0 atom stereocenters. The molecule has 0 rings (SSSR count). The van der Waals surface area contributed by atoms with Gasteiger partial charge in [-0.1, -0.05) is 0 Å². The lowest BCUT2D eigenvalue weighted by Crippen LogP contribution is -2.34. The lowest BCUT2D eigenvalue weighted by Gasteiger charge is -2.20. The second kappa shape index (κ2) is 6.33. The molecule has 4 N–H and O–H groups in total. The van der Waals surface area contributed by atoms with Crippen molar-refractivity contribution in [3.05, 3.63) is 0 Å². The summed E-state index contributed by atoms with van der Waals surface area (Å²) < 4.78 is 4.19. The zero-order valence-electron chi connectivity index (χ0n) is 8.05. The SMILES string of the molecule is O=C(O)CCC(=O)OC(O)(O)CCCO. The van der Waals surface area contributed by atoms with Gasteiger partial charge in [0.25, 0.3) is 0 Å². The summed E-state index contributed by atoms with van der Waals surface area (Å²) in [5.41, 5.74) is 0. The second-order valence-corrected chi connectivity index (χ2v) is 2.94. The molecule has 7 heteroatoms. The van der Waals surface area contributed by atoms with Gasteiger partial charge in [0.2, 0.25) is 0 Å². The standard InChI is InChI=1S/C8H14O7/c9-5-1-4-8(13,14)15-7(12)3-2-6(10)11/h9,13-14H,1-5H2,(H,10,11). The number of carboxylic acid groups (broad SMARTS) is 1. The van der Waals surface area contributed by atoms with Crippen molar-refractivity contribution in [2.24, 2.45) is 0 Å². The van der Waals surface area contributed by atoms with Crippen molar-refractivity contribution >= 4 is 11.9 Å². The highest BCUT2D eigenvalue weighted by molar-refractivity contribution is 5.76. The summed E-state index contributed by atoms with van der Waals surface area (Å²) in [6.07, 6.45) is -1.15. The number of carboxylic acids is 1. The first-order valence-electron chi connectivity index (χ1n) is 4.36. The minimum atomic E-state index is -2.64. The number of carbonyl (C=O) groups excluding carboxylic acids is 1. The molecule has 0 spiro atoms. The topological polar surface area (TPSA) is 124 Å². The molecule has 0 aliphatic heterocycles. The predicted octanol–water partition coefficient (Wildman–Crippen LogP) is -1.19. The fourth-order valence-corrected chi connectivity index (χ4v) is 0.803. The maximum absolute atomic E-state index is 10.9. The van der Waals surface area contributed by atoms with Crippen LogP contribution in [-0.2, 0) is 14.3 Å². The van der Waals surface area contributed by atoms with E-state index in [2.05, 4.69) is 4.74 Å². The number of aliphatic hydroxyl groups is 3. The molecule has 0 aliphatic carbocycles. The number of aliphatic carboxylic acids is 1. The van der Waals surface area contributed by atoms with Gasteiger partial charge in [-0.15, -0.1) is 0 Å². The second-order valence-electron chi connectivity index (χ2n) is 2.94. The maximum Gasteiger partial charge on any atom is 0.324 e. The molecule has 0 aromatic rings. The first-order valence-corrected chi connectivity index (χ1v) is 4.36. The van der Waals surface area contributed by atoms with E-state index in [1.807, 2.05) is 0 Å². The Morgan fingerprint density at radius 3 is 2.27 bits per heavy atom. The number of rotatable bonds is 7. The molecule has 0 saturated carbocycles. The number of ether oxygens (including phenoxy) is 1. The van der Waals surface area contributed by atoms with E-state index in [0.717, 1.165) is 0 Å². The van der Waals surface area contributed by atoms with Crippen molar-refractivity contribution in [2.45, 2.75) is 31.7 Å². The van der Waals surface area contributed by atoms with E-state index in [9.17, 15) is 9.59 Å². The quantitative estimate of drug-likeness (QED) is 0.315. The van der Waals surface area contributed by atoms with Crippen LogP contribution in [0.25, 0.3) is 0 Å². The average Bonchev–Trinajstić information content (AvgIpc) is 2.11. The Morgan fingerprint density at radius 2 is 1.80 bits per heavy atom. The fourth-order valence-electron chi connectivity index (χ4n) is 0.803. The van der Waals surface area contributed by atoms with Crippen molar-refractivity contribution in [1.82, 2.24) is 0 Å². The van der Waals surface area contributed by atoms with Crippen LogP contribution in [0.2, 0.25) is 0 Å². The minimum Gasteiger partial charge on any atom is -0.481 e. The molecule has 88 valence electrons. The number of hydrogen-bond acceptors (Lipinski definition) is 6. The van der Waals surface area contributed by atoms with Crippen LogP contribution in [0.5, 0.6) is 0 Å². The van der Waals surface area contributed by atoms with Crippen molar-refractivity contribution in [2.75, 3.05) is 6.61 Å². The maximum atomic E-state index is 10.9. The zero-order valence-corrected chi connectivity index (χ0v) is 8.05. The summed E-state index contributed by atoms with van der Waals surface area (Å²) in [7, 11) is 0. The molecule has 0 amide bonds. The Labute approximate surface area is 85.9 Å². The Bertz CT molecular complexity index is 223. The normalized spacial score (nSPS) is 11.1. The minimum absolute atomic E-state index is 0.0548. The van der Waals surface area contributed by atoms with Crippen LogP contribution in [-0.4, -0.2) is 44.9 Å². The molecule has 0 heterocycles. The van der Waals surface area contributed by atoms with E-state index >= 15 is 0 Å². The van der Waals surface area contributed by atoms with Gasteiger partial charge in [-0.25, -0.2) is 0 Å². The predicted molar refractivity (Wildman–Crippen MR) is 46.5 cm³/mol. The molecule has 0 bridgehead atoms. The summed E-state index contributed by atoms with van der Waals surface area (Å²) in [4.78, 5) is 20.9. The molecule has 0 unspecified atom stereocenters. The first kappa shape index (κ1) is 13.8. The van der Waals surface area contributed by atoms with Gasteiger partial charge in [0, 0.05) is 13.0 Å². The highest BCUT2D eigenvalue weighted by Gasteiger charge is 2.27. The molecule has 0 fully saturated rings. The van der Waals surface area contributed by atoms with Crippen LogP contribution in [0.1, 0.15) is 25.7 Å². The van der Waals surface area contributed by atoms with Crippen LogP contribution in [0.3, 0.4) is 0 Å². The number of carbonyl (C=O) groups is 2. The lowest BCUT2D eigenvalue weighted by molar-refractivity contribution is -0.322. The van der Waals surface area contributed by atoms with Gasteiger partial charge in [0.15, 0.2) is 0 Å². The van der Waals surface area contributed by atoms with Crippen molar-refractivity contribution in [1.29, 1.82) is 0 Å². The number of aliphatic hydroxyl groups excluding tert-OH is 1. The van der Waals surface area contributed by atoms with Crippen LogP contribution in [0.4, 0.5) is 0 Å². The third-order valence-electron chi connectivity index (χ3n) is 1.48. The van der Waals surface area contributed by atoms with E-state index in [1.54, 1.807) is 0 Å². The molecule has 7 nitrogen and oxygen atoms in total. The van der Waals surface area contributed by atoms with Crippen LogP contribution < -0.4 is 0 Å². The molecule has 0 radical (unpaired) electrons. The third-order valence-corrected chi connectivity index (χ3v) is 1.48. The molecule has 15 heavy (non-hydrogen) atoms. The summed E-state index contributed by atoms with van der Waals surface area (Å²) >= 11 is 0. The third kappa shape index (κ3) is 7.86. The van der Waals surface area contributed by atoms with Gasteiger partial charge in [0.1, 0.15) is 0 Å². The molecule has 0 saturated heterocycles. The highest BCUT2D eigenvalue weighted by atomic mass is 16.8. The summed E-state index contributed by atoms with van der Waals surface area (Å²) in [5, 5.41) is 34.7. The summed E-state index contributed by atoms with van der Waals surface area (Å²) in [5.74, 6) is -4.83. The van der Waals surface area contributed by atoms with Crippen LogP contribution in [0, 0.1) is 0 Å². The van der Waals surface area contributed by atoms with Gasteiger partial charge in [-0.2, -0.15) is 0 Å².